The maximum atomic E-state index is 5.30. The fraction of sp³-hybridized carbons (Fsp3) is 0.267. The summed E-state index contributed by atoms with van der Waals surface area (Å²) in [4.78, 5) is 4.39. The maximum Gasteiger partial charge on any atom is 0.122 e. The zero-order chi connectivity index (χ0) is 13.7. The molecule has 1 heterocycles. The van der Waals surface area contributed by atoms with Crippen LogP contribution in [0.4, 0.5) is 0 Å². The van der Waals surface area contributed by atoms with Crippen molar-refractivity contribution in [1.82, 2.24) is 10.3 Å². The minimum absolute atomic E-state index is 0.00481. The van der Waals surface area contributed by atoms with Gasteiger partial charge in [-0.15, -0.1) is 0 Å². The molecule has 0 bridgehead atoms. The van der Waals surface area contributed by atoms with Gasteiger partial charge in [-0.25, -0.2) is 0 Å². The van der Waals surface area contributed by atoms with E-state index in [4.69, 9.17) is 9.47 Å². The van der Waals surface area contributed by atoms with Crippen LogP contribution in [-0.2, 0) is 0 Å². The minimum atomic E-state index is 0.00481. The molecular weight excluding hydrogens is 240 g/mol. The molecule has 0 aliphatic carbocycles. The molecule has 19 heavy (non-hydrogen) atoms. The van der Waals surface area contributed by atoms with E-state index in [0.717, 1.165) is 22.8 Å². The van der Waals surface area contributed by atoms with Crippen LogP contribution in [0.1, 0.15) is 17.3 Å². The van der Waals surface area contributed by atoms with Gasteiger partial charge in [-0.05, 0) is 36.9 Å². The summed E-state index contributed by atoms with van der Waals surface area (Å²) < 4.78 is 10.6. The molecular formula is C15H18N2O2. The first-order chi connectivity index (χ1) is 9.28. The number of benzene rings is 1. The molecule has 1 aromatic carbocycles. The molecule has 1 unspecified atom stereocenters. The number of hydrogen-bond donors (Lipinski definition) is 1. The summed E-state index contributed by atoms with van der Waals surface area (Å²) in [6, 6.07) is 11.7. The first-order valence-corrected chi connectivity index (χ1v) is 6.09. The standard InChI is InChI=1S/C15H18N2O2/c1-16-15(14-6-4-5-7-17-14)11-8-12(18-2)10-13(9-11)19-3/h4-10,15-16H,1-3H3. The number of methoxy groups -OCH3 is 2. The number of pyridine rings is 1. The first kappa shape index (κ1) is 13.4. The van der Waals surface area contributed by atoms with Gasteiger partial charge < -0.3 is 14.8 Å². The van der Waals surface area contributed by atoms with Crippen LogP contribution in [0.25, 0.3) is 0 Å². The summed E-state index contributed by atoms with van der Waals surface area (Å²) >= 11 is 0. The van der Waals surface area contributed by atoms with Crippen LogP contribution in [-0.4, -0.2) is 26.3 Å². The zero-order valence-electron chi connectivity index (χ0n) is 11.4. The molecule has 0 aliphatic heterocycles. The Morgan fingerprint density at radius 3 is 2.21 bits per heavy atom. The van der Waals surface area contributed by atoms with Crippen molar-refractivity contribution in [3.63, 3.8) is 0 Å². The Bertz CT molecular complexity index is 507. The topological polar surface area (TPSA) is 43.4 Å². The molecule has 0 amide bonds. The number of nitrogens with zero attached hydrogens (tertiary/aromatic N) is 1. The van der Waals surface area contributed by atoms with Crippen LogP contribution in [0.2, 0.25) is 0 Å². The van der Waals surface area contributed by atoms with E-state index in [2.05, 4.69) is 10.3 Å². The van der Waals surface area contributed by atoms with Gasteiger partial charge in [-0.3, -0.25) is 4.98 Å². The van der Waals surface area contributed by atoms with Crippen molar-refractivity contribution in [3.05, 3.63) is 53.9 Å². The smallest absolute Gasteiger partial charge is 0.122 e. The molecule has 0 fully saturated rings. The Morgan fingerprint density at radius 2 is 1.74 bits per heavy atom. The van der Waals surface area contributed by atoms with Crippen LogP contribution < -0.4 is 14.8 Å². The van der Waals surface area contributed by atoms with Crippen molar-refractivity contribution in [2.24, 2.45) is 0 Å². The Labute approximate surface area is 113 Å². The second kappa shape index (κ2) is 6.20. The van der Waals surface area contributed by atoms with Gasteiger partial charge in [0, 0.05) is 12.3 Å². The Balaban J connectivity index is 2.43. The van der Waals surface area contributed by atoms with Gasteiger partial charge in [0.1, 0.15) is 11.5 Å². The van der Waals surface area contributed by atoms with Crippen LogP contribution >= 0.6 is 0 Å². The molecule has 0 saturated carbocycles. The molecule has 0 radical (unpaired) electrons. The third kappa shape index (κ3) is 3.03. The van der Waals surface area contributed by atoms with E-state index in [1.54, 1.807) is 20.4 Å². The van der Waals surface area contributed by atoms with Gasteiger partial charge in [-0.1, -0.05) is 6.07 Å². The van der Waals surface area contributed by atoms with E-state index in [0.29, 0.717) is 0 Å². The second-order valence-corrected chi connectivity index (χ2v) is 4.12. The molecule has 4 heteroatoms. The second-order valence-electron chi connectivity index (χ2n) is 4.12. The highest BCUT2D eigenvalue weighted by Crippen LogP contribution is 2.28. The van der Waals surface area contributed by atoms with Gasteiger partial charge in [0.05, 0.1) is 26.0 Å². The molecule has 100 valence electrons. The summed E-state index contributed by atoms with van der Waals surface area (Å²) in [6.07, 6.45) is 1.79. The van der Waals surface area contributed by atoms with E-state index < -0.39 is 0 Å². The molecule has 4 nitrogen and oxygen atoms in total. The fourth-order valence-electron chi connectivity index (χ4n) is 2.03. The summed E-state index contributed by atoms with van der Waals surface area (Å²) in [5.74, 6) is 1.54. The molecule has 1 aromatic heterocycles. The maximum absolute atomic E-state index is 5.30. The molecule has 2 rings (SSSR count). The van der Waals surface area contributed by atoms with E-state index in [1.165, 1.54) is 0 Å². The molecule has 0 spiro atoms. The van der Waals surface area contributed by atoms with Crippen molar-refractivity contribution in [2.75, 3.05) is 21.3 Å². The highest BCUT2D eigenvalue weighted by Gasteiger charge is 2.15. The van der Waals surface area contributed by atoms with Gasteiger partial charge in [-0.2, -0.15) is 0 Å². The normalized spacial score (nSPS) is 11.9. The van der Waals surface area contributed by atoms with Crippen molar-refractivity contribution in [3.8, 4) is 11.5 Å². The van der Waals surface area contributed by atoms with Gasteiger partial charge >= 0.3 is 0 Å². The van der Waals surface area contributed by atoms with Crippen LogP contribution in [0.15, 0.2) is 42.6 Å². The lowest BCUT2D eigenvalue weighted by Gasteiger charge is -2.18. The molecule has 0 aliphatic rings. The Kier molecular flexibility index (Phi) is 4.36. The number of aromatic nitrogens is 1. The van der Waals surface area contributed by atoms with Crippen LogP contribution in [0, 0.1) is 0 Å². The van der Waals surface area contributed by atoms with E-state index in [9.17, 15) is 0 Å². The van der Waals surface area contributed by atoms with Crippen LogP contribution in [0.3, 0.4) is 0 Å². The van der Waals surface area contributed by atoms with Gasteiger partial charge in [0.25, 0.3) is 0 Å². The predicted octanol–water partition coefficient (Wildman–Crippen LogP) is 2.41. The highest BCUT2D eigenvalue weighted by molar-refractivity contribution is 5.42. The fourth-order valence-corrected chi connectivity index (χ4v) is 2.03. The Hall–Kier alpha value is -2.07. The lowest BCUT2D eigenvalue weighted by molar-refractivity contribution is 0.392. The zero-order valence-corrected chi connectivity index (χ0v) is 11.4. The van der Waals surface area contributed by atoms with Gasteiger partial charge in [0.15, 0.2) is 0 Å². The Morgan fingerprint density at radius 1 is 1.05 bits per heavy atom. The SMILES string of the molecule is CNC(c1cc(OC)cc(OC)c1)c1ccccn1. The summed E-state index contributed by atoms with van der Waals surface area (Å²) in [5, 5.41) is 3.26. The number of ether oxygens (including phenoxy) is 2. The third-order valence-electron chi connectivity index (χ3n) is 2.98. The molecule has 0 saturated heterocycles. The largest absolute Gasteiger partial charge is 0.497 e. The average Bonchev–Trinajstić information content (AvgIpc) is 2.48. The lowest BCUT2D eigenvalue weighted by atomic mass is 10.0. The van der Waals surface area contributed by atoms with Crippen LogP contribution in [0.5, 0.6) is 11.5 Å². The number of rotatable bonds is 5. The predicted molar refractivity (Wildman–Crippen MR) is 74.7 cm³/mol. The molecule has 1 atom stereocenters. The monoisotopic (exact) mass is 258 g/mol. The highest BCUT2D eigenvalue weighted by atomic mass is 16.5. The summed E-state index contributed by atoms with van der Waals surface area (Å²) in [7, 11) is 5.20. The van der Waals surface area contributed by atoms with Crippen molar-refractivity contribution >= 4 is 0 Å². The van der Waals surface area contributed by atoms with E-state index >= 15 is 0 Å². The average molecular weight is 258 g/mol. The molecule has 2 aromatic rings. The third-order valence-corrected chi connectivity index (χ3v) is 2.98. The molecule has 1 N–H and O–H groups in total. The van der Waals surface area contributed by atoms with E-state index in [-0.39, 0.29) is 6.04 Å². The van der Waals surface area contributed by atoms with Crippen molar-refractivity contribution in [1.29, 1.82) is 0 Å². The summed E-state index contributed by atoms with van der Waals surface area (Å²) in [6.45, 7) is 0. The van der Waals surface area contributed by atoms with Crippen molar-refractivity contribution < 1.29 is 9.47 Å². The van der Waals surface area contributed by atoms with Gasteiger partial charge in [0.2, 0.25) is 0 Å². The lowest BCUT2D eigenvalue weighted by Crippen LogP contribution is -2.18. The quantitative estimate of drug-likeness (QED) is 0.894. The number of hydrogen-bond acceptors (Lipinski definition) is 4. The number of nitrogens with one attached hydrogen (secondary N) is 1. The minimum Gasteiger partial charge on any atom is -0.497 e. The van der Waals surface area contributed by atoms with Crippen molar-refractivity contribution in [2.45, 2.75) is 6.04 Å². The summed E-state index contributed by atoms with van der Waals surface area (Å²) in [5.41, 5.74) is 2.01. The first-order valence-electron chi connectivity index (χ1n) is 6.09. The van der Waals surface area contributed by atoms with E-state index in [1.807, 2.05) is 43.4 Å².